The number of nitrogens with zero attached hydrogens (tertiary/aromatic N) is 1. The third kappa shape index (κ3) is 3.56. The zero-order valence-electron chi connectivity index (χ0n) is 11.1. The maximum atomic E-state index is 11.5. The fourth-order valence-corrected chi connectivity index (χ4v) is 1.85. The van der Waals surface area contributed by atoms with E-state index in [1.807, 2.05) is 0 Å². The van der Waals surface area contributed by atoms with Crippen LogP contribution < -0.4 is 16.0 Å². The molecule has 3 rings (SSSR count). The van der Waals surface area contributed by atoms with Gasteiger partial charge in [0.15, 0.2) is 0 Å². The van der Waals surface area contributed by atoms with Gasteiger partial charge in [0.2, 0.25) is 0 Å². The van der Waals surface area contributed by atoms with Gasteiger partial charge in [0.05, 0.1) is 31.2 Å². The van der Waals surface area contributed by atoms with Gasteiger partial charge in [-0.15, -0.1) is 0 Å². The molecule has 1 aliphatic rings. The van der Waals surface area contributed by atoms with Crippen LogP contribution in [0.4, 0.5) is 5.69 Å². The number of hydrogen-bond donors (Lipinski definition) is 1. The summed E-state index contributed by atoms with van der Waals surface area (Å²) in [4.78, 5) is 20.5. The quantitative estimate of drug-likeness (QED) is 0.424. The highest BCUT2D eigenvalue weighted by Crippen LogP contribution is 2.27. The first kappa shape index (κ1) is 14.9. The van der Waals surface area contributed by atoms with Crippen molar-refractivity contribution in [2.75, 3.05) is 26.3 Å². The topological polar surface area (TPSA) is 122 Å². The van der Waals surface area contributed by atoms with Crippen molar-refractivity contribution in [1.82, 2.24) is 0 Å². The number of nitro groups is 1. The predicted molar refractivity (Wildman–Crippen MR) is 71.1 cm³/mol. The Morgan fingerprint density at radius 1 is 1.19 bits per heavy atom. The summed E-state index contributed by atoms with van der Waals surface area (Å²) in [6, 6.07) is 5.87. The number of ether oxygens (including phenoxy) is 1. The molecule has 0 spiro atoms. The van der Waals surface area contributed by atoms with Crippen molar-refractivity contribution in [3.63, 3.8) is 0 Å². The molecule has 0 saturated carbocycles. The van der Waals surface area contributed by atoms with E-state index in [0.29, 0.717) is 0 Å². The first-order chi connectivity index (χ1) is 10.1. The van der Waals surface area contributed by atoms with Gasteiger partial charge < -0.3 is 19.6 Å². The zero-order chi connectivity index (χ0) is 15.2. The van der Waals surface area contributed by atoms with E-state index in [4.69, 9.17) is 4.74 Å². The number of para-hydroxylation sites is 1. The second kappa shape index (κ2) is 6.82. The lowest BCUT2D eigenvalue weighted by molar-refractivity contribution is -0.670. The predicted octanol–water partition coefficient (Wildman–Crippen LogP) is -0.645. The summed E-state index contributed by atoms with van der Waals surface area (Å²) in [5.41, 5.74) is -2.21. The van der Waals surface area contributed by atoms with Crippen LogP contribution in [-0.2, 0) is 4.74 Å². The number of nitrogens with two attached hydrogens (primary N) is 1. The molecule has 2 heterocycles. The molecule has 0 bridgehead atoms. The van der Waals surface area contributed by atoms with Crippen LogP contribution in [0.3, 0.4) is 0 Å². The van der Waals surface area contributed by atoms with Crippen molar-refractivity contribution in [3.05, 3.63) is 44.8 Å². The number of benzene rings is 1. The number of morpholine rings is 1. The summed E-state index contributed by atoms with van der Waals surface area (Å²) >= 11 is 0. The molecule has 2 N–H and O–H groups in total. The van der Waals surface area contributed by atoms with Crippen molar-refractivity contribution >= 4 is 16.7 Å². The highest BCUT2D eigenvalue weighted by atomic mass is 16.6. The second-order valence-corrected chi connectivity index (χ2v) is 4.30. The molecule has 1 aromatic heterocycles. The summed E-state index contributed by atoms with van der Waals surface area (Å²) in [6.45, 7) is 4.19. The Bertz CT molecular complexity index is 681. The van der Waals surface area contributed by atoms with E-state index in [-0.39, 0.29) is 11.0 Å². The molecular weight excluding hydrogens is 280 g/mol. The van der Waals surface area contributed by atoms with Gasteiger partial charge in [0.25, 0.3) is 0 Å². The standard InChI is InChI=1S/C9H5NO5.C4H9NO/c11-8-5-3-1-2-4-6(5)15-9(12)7(8)10(13)14;1-3-6-4-2-5-1/h1-4,11H;5H,1-4H2. The summed E-state index contributed by atoms with van der Waals surface area (Å²) < 4.78 is 9.68. The van der Waals surface area contributed by atoms with Crippen LogP contribution in [0.5, 0.6) is 5.75 Å². The SMILES string of the molecule is C1COCC[NH2+]1.O=c1oc2ccccc2c([O-])c1[N+](=O)[O-]. The Balaban J connectivity index is 0.000000225. The number of quaternary nitrogens is 1. The van der Waals surface area contributed by atoms with Gasteiger partial charge in [0.1, 0.15) is 5.58 Å². The lowest BCUT2D eigenvalue weighted by Crippen LogP contribution is -2.87. The molecule has 0 radical (unpaired) electrons. The van der Waals surface area contributed by atoms with Crippen LogP contribution in [0, 0.1) is 10.1 Å². The molecule has 8 heteroatoms. The van der Waals surface area contributed by atoms with E-state index in [2.05, 4.69) is 9.73 Å². The first-order valence-electron chi connectivity index (χ1n) is 6.38. The minimum atomic E-state index is -1.22. The highest BCUT2D eigenvalue weighted by molar-refractivity contribution is 5.85. The first-order valence-corrected chi connectivity index (χ1v) is 6.38. The van der Waals surface area contributed by atoms with Crippen molar-refractivity contribution in [2.24, 2.45) is 0 Å². The summed E-state index contributed by atoms with van der Waals surface area (Å²) in [5.74, 6) is -0.910. The van der Waals surface area contributed by atoms with Gasteiger partial charge in [-0.3, -0.25) is 10.1 Å². The largest absolute Gasteiger partial charge is 0.867 e. The van der Waals surface area contributed by atoms with E-state index >= 15 is 0 Å². The van der Waals surface area contributed by atoms with E-state index in [0.717, 1.165) is 26.3 Å². The number of rotatable bonds is 1. The van der Waals surface area contributed by atoms with Crippen molar-refractivity contribution < 1.29 is 24.5 Å². The Hall–Kier alpha value is -2.45. The average Bonchev–Trinajstić information content (AvgIpc) is 2.49. The molecule has 1 fully saturated rings. The molecule has 2 aromatic rings. The van der Waals surface area contributed by atoms with E-state index in [1.54, 1.807) is 6.07 Å². The molecule has 1 saturated heterocycles. The second-order valence-electron chi connectivity index (χ2n) is 4.30. The maximum absolute atomic E-state index is 11.5. The summed E-state index contributed by atoms with van der Waals surface area (Å²) in [7, 11) is 0. The monoisotopic (exact) mass is 294 g/mol. The van der Waals surface area contributed by atoms with Crippen LogP contribution in [0.1, 0.15) is 0 Å². The van der Waals surface area contributed by atoms with Gasteiger partial charge >= 0.3 is 11.3 Å². The lowest BCUT2D eigenvalue weighted by Gasteiger charge is -2.07. The molecule has 0 amide bonds. The molecule has 112 valence electrons. The zero-order valence-corrected chi connectivity index (χ0v) is 11.1. The molecular formula is C13H14N2O6. The summed E-state index contributed by atoms with van der Waals surface area (Å²) in [6.07, 6.45) is 0. The van der Waals surface area contributed by atoms with Crippen LogP contribution in [0.15, 0.2) is 33.5 Å². The summed E-state index contributed by atoms with van der Waals surface area (Å²) in [5, 5.41) is 24.2. The minimum Gasteiger partial charge on any atom is -0.867 e. The molecule has 21 heavy (non-hydrogen) atoms. The van der Waals surface area contributed by atoms with E-state index in [9.17, 15) is 20.0 Å². The van der Waals surface area contributed by atoms with Crippen LogP contribution >= 0.6 is 0 Å². The molecule has 0 aliphatic carbocycles. The number of fused-ring (bicyclic) bond motifs is 1. The molecule has 0 atom stereocenters. The Morgan fingerprint density at radius 2 is 1.86 bits per heavy atom. The Kier molecular flexibility index (Phi) is 4.85. The molecule has 0 unspecified atom stereocenters. The van der Waals surface area contributed by atoms with E-state index in [1.165, 1.54) is 18.2 Å². The van der Waals surface area contributed by atoms with Gasteiger partial charge in [-0.05, 0) is 11.8 Å². The lowest BCUT2D eigenvalue weighted by atomic mass is 10.2. The Labute approximate surface area is 119 Å². The maximum Gasteiger partial charge on any atom is 0.414 e. The Morgan fingerprint density at radius 3 is 2.38 bits per heavy atom. The van der Waals surface area contributed by atoms with Crippen LogP contribution in [0.25, 0.3) is 11.0 Å². The van der Waals surface area contributed by atoms with E-state index < -0.39 is 22.0 Å². The van der Waals surface area contributed by atoms with Gasteiger partial charge in [-0.25, -0.2) is 4.79 Å². The number of hydrogen-bond acceptors (Lipinski definition) is 6. The molecule has 1 aromatic carbocycles. The van der Waals surface area contributed by atoms with Gasteiger partial charge in [0, 0.05) is 5.39 Å². The highest BCUT2D eigenvalue weighted by Gasteiger charge is 2.17. The van der Waals surface area contributed by atoms with Crippen molar-refractivity contribution in [3.8, 4) is 5.75 Å². The molecule has 8 nitrogen and oxygen atoms in total. The van der Waals surface area contributed by atoms with Crippen molar-refractivity contribution in [1.29, 1.82) is 0 Å². The third-order valence-corrected chi connectivity index (χ3v) is 2.86. The van der Waals surface area contributed by atoms with Crippen LogP contribution in [0.2, 0.25) is 0 Å². The fraction of sp³-hybridized carbons (Fsp3) is 0.308. The van der Waals surface area contributed by atoms with Crippen molar-refractivity contribution in [2.45, 2.75) is 0 Å². The molecule has 1 aliphatic heterocycles. The smallest absolute Gasteiger partial charge is 0.414 e. The normalized spacial score (nSPS) is 14.3. The van der Waals surface area contributed by atoms with Crippen LogP contribution in [-0.4, -0.2) is 31.2 Å². The van der Waals surface area contributed by atoms with Gasteiger partial charge in [-0.2, -0.15) is 0 Å². The minimum absolute atomic E-state index is 0.0313. The third-order valence-electron chi connectivity index (χ3n) is 2.86. The van der Waals surface area contributed by atoms with Gasteiger partial charge in [-0.1, -0.05) is 18.2 Å². The average molecular weight is 294 g/mol. The fourth-order valence-electron chi connectivity index (χ4n) is 1.85.